The van der Waals surface area contributed by atoms with E-state index in [0.29, 0.717) is 19.5 Å². The smallest absolute Gasteiger partial charge is 0.409 e. The molecule has 1 aliphatic rings. The van der Waals surface area contributed by atoms with Gasteiger partial charge in [0.1, 0.15) is 0 Å². The molecule has 2 rings (SSSR count). The summed E-state index contributed by atoms with van der Waals surface area (Å²) in [5, 5.41) is 13.4. The van der Waals surface area contributed by atoms with Gasteiger partial charge in [-0.2, -0.15) is 5.10 Å². The van der Waals surface area contributed by atoms with Gasteiger partial charge in [0.15, 0.2) is 0 Å². The fraction of sp³-hybridized carbons (Fsp3) is 0.583. The van der Waals surface area contributed by atoms with Crippen LogP contribution < -0.4 is 0 Å². The molecule has 0 saturated carbocycles. The minimum atomic E-state index is -0.835. The standard InChI is InChI=1S/C12H17N3O4/c1-14-6-8(5-13-14)10-7-15(12(18)19-2)4-3-9(10)11(16)17/h5-6,9-10H,3-4,7H2,1-2H3,(H,16,17)/t9-,10-/m0/s1. The van der Waals surface area contributed by atoms with Crippen molar-refractivity contribution < 1.29 is 19.4 Å². The monoisotopic (exact) mass is 267 g/mol. The zero-order chi connectivity index (χ0) is 14.0. The maximum Gasteiger partial charge on any atom is 0.409 e. The number of aryl methyl sites for hydroxylation is 1. The molecule has 1 aromatic heterocycles. The molecule has 7 heteroatoms. The third kappa shape index (κ3) is 2.69. The van der Waals surface area contributed by atoms with E-state index in [9.17, 15) is 14.7 Å². The number of nitrogens with zero attached hydrogens (tertiary/aromatic N) is 3. The normalized spacial score (nSPS) is 23.2. The number of aromatic nitrogens is 2. The first-order chi connectivity index (χ1) is 9.02. The summed E-state index contributed by atoms with van der Waals surface area (Å²) >= 11 is 0. The minimum absolute atomic E-state index is 0.251. The molecular weight excluding hydrogens is 250 g/mol. The van der Waals surface area contributed by atoms with Crippen molar-refractivity contribution in [2.45, 2.75) is 12.3 Å². The molecule has 19 heavy (non-hydrogen) atoms. The Labute approximate surface area is 110 Å². The molecule has 0 aliphatic carbocycles. The number of aliphatic carboxylic acids is 1. The average Bonchev–Trinajstić information content (AvgIpc) is 2.83. The van der Waals surface area contributed by atoms with Crippen LogP contribution in [0, 0.1) is 5.92 Å². The Morgan fingerprint density at radius 2 is 2.26 bits per heavy atom. The van der Waals surface area contributed by atoms with Gasteiger partial charge in [0.25, 0.3) is 0 Å². The quantitative estimate of drug-likeness (QED) is 0.851. The molecule has 7 nitrogen and oxygen atoms in total. The Kier molecular flexibility index (Phi) is 3.73. The predicted molar refractivity (Wildman–Crippen MR) is 65.7 cm³/mol. The van der Waals surface area contributed by atoms with Crippen LogP contribution in [0.4, 0.5) is 4.79 Å². The first kappa shape index (κ1) is 13.4. The van der Waals surface area contributed by atoms with Gasteiger partial charge in [0.05, 0.1) is 19.2 Å². The summed E-state index contributed by atoms with van der Waals surface area (Å²) < 4.78 is 6.32. The molecule has 1 aliphatic heterocycles. The third-order valence-corrected chi connectivity index (χ3v) is 3.52. The van der Waals surface area contributed by atoms with Crippen LogP contribution in [0.2, 0.25) is 0 Å². The van der Waals surface area contributed by atoms with Crippen molar-refractivity contribution in [1.82, 2.24) is 14.7 Å². The van der Waals surface area contributed by atoms with Crippen molar-refractivity contribution >= 4 is 12.1 Å². The number of likely N-dealkylation sites (tertiary alicyclic amines) is 1. The summed E-state index contributed by atoms with van der Waals surface area (Å²) in [6.45, 7) is 0.746. The highest BCUT2D eigenvalue weighted by molar-refractivity contribution is 5.73. The summed E-state index contributed by atoms with van der Waals surface area (Å²) in [4.78, 5) is 24.4. The average molecular weight is 267 g/mol. The molecule has 0 radical (unpaired) electrons. The number of ether oxygens (including phenoxy) is 1. The molecule has 2 heterocycles. The van der Waals surface area contributed by atoms with Crippen LogP contribution in [0.25, 0.3) is 0 Å². The lowest BCUT2D eigenvalue weighted by Crippen LogP contribution is -2.44. The predicted octanol–water partition coefficient (Wildman–Crippen LogP) is 0.677. The van der Waals surface area contributed by atoms with Crippen LogP contribution in [0.3, 0.4) is 0 Å². The van der Waals surface area contributed by atoms with Crippen molar-refractivity contribution in [3.8, 4) is 0 Å². The highest BCUT2D eigenvalue weighted by atomic mass is 16.5. The Balaban J connectivity index is 2.22. The molecule has 1 aromatic rings. The third-order valence-electron chi connectivity index (χ3n) is 3.52. The van der Waals surface area contributed by atoms with Gasteiger partial charge in [0.2, 0.25) is 0 Å². The Morgan fingerprint density at radius 3 is 2.79 bits per heavy atom. The highest BCUT2D eigenvalue weighted by Gasteiger charge is 2.37. The fourth-order valence-corrected chi connectivity index (χ4v) is 2.51. The first-order valence-corrected chi connectivity index (χ1v) is 6.07. The number of methoxy groups -OCH3 is 1. The topological polar surface area (TPSA) is 84.7 Å². The van der Waals surface area contributed by atoms with Gasteiger partial charge in [0, 0.05) is 32.3 Å². The second-order valence-electron chi connectivity index (χ2n) is 4.70. The molecular formula is C12H17N3O4. The van der Waals surface area contributed by atoms with E-state index in [0.717, 1.165) is 5.56 Å². The molecule has 1 saturated heterocycles. The molecule has 0 aromatic carbocycles. The Bertz CT molecular complexity index is 485. The lowest BCUT2D eigenvalue weighted by atomic mass is 9.82. The SMILES string of the molecule is COC(=O)N1CC[C@H](C(=O)O)[C@H](c2cnn(C)c2)C1. The maximum absolute atomic E-state index is 11.6. The number of carboxylic acid groups (broad SMARTS) is 1. The maximum atomic E-state index is 11.6. The van der Waals surface area contributed by atoms with E-state index in [4.69, 9.17) is 4.74 Å². The summed E-state index contributed by atoms with van der Waals surface area (Å²) in [6.07, 6.45) is 3.45. The van der Waals surface area contributed by atoms with E-state index < -0.39 is 18.0 Å². The summed E-state index contributed by atoms with van der Waals surface area (Å²) in [7, 11) is 3.10. The van der Waals surface area contributed by atoms with Crippen LogP contribution in [0.1, 0.15) is 17.9 Å². The number of amides is 1. The number of carbonyl (C=O) groups is 2. The molecule has 104 valence electrons. The van der Waals surface area contributed by atoms with Crippen LogP contribution in [-0.4, -0.2) is 52.0 Å². The second-order valence-corrected chi connectivity index (χ2v) is 4.70. The number of rotatable bonds is 2. The van der Waals surface area contributed by atoms with Crippen LogP contribution in [0.15, 0.2) is 12.4 Å². The largest absolute Gasteiger partial charge is 0.481 e. The molecule has 2 atom stereocenters. The van der Waals surface area contributed by atoms with Gasteiger partial charge in [-0.15, -0.1) is 0 Å². The van der Waals surface area contributed by atoms with Gasteiger partial charge >= 0.3 is 12.1 Å². The minimum Gasteiger partial charge on any atom is -0.481 e. The summed E-state index contributed by atoms with van der Waals surface area (Å²) in [5.41, 5.74) is 0.837. The van der Waals surface area contributed by atoms with Gasteiger partial charge < -0.3 is 14.7 Å². The summed E-state index contributed by atoms with van der Waals surface area (Å²) in [5.74, 6) is -1.58. The number of carbonyl (C=O) groups excluding carboxylic acids is 1. The van der Waals surface area contributed by atoms with Crippen LogP contribution in [0.5, 0.6) is 0 Å². The van der Waals surface area contributed by atoms with Crippen molar-refractivity contribution in [2.75, 3.05) is 20.2 Å². The first-order valence-electron chi connectivity index (χ1n) is 6.07. The molecule has 0 bridgehead atoms. The van der Waals surface area contributed by atoms with Crippen molar-refractivity contribution in [2.24, 2.45) is 13.0 Å². The van der Waals surface area contributed by atoms with E-state index in [1.54, 1.807) is 24.1 Å². The molecule has 1 fully saturated rings. The van der Waals surface area contributed by atoms with Crippen molar-refractivity contribution in [1.29, 1.82) is 0 Å². The highest BCUT2D eigenvalue weighted by Crippen LogP contribution is 2.32. The van der Waals surface area contributed by atoms with E-state index in [-0.39, 0.29) is 5.92 Å². The second kappa shape index (κ2) is 5.29. The van der Waals surface area contributed by atoms with Gasteiger partial charge in [-0.1, -0.05) is 0 Å². The lowest BCUT2D eigenvalue weighted by molar-refractivity contribution is -0.144. The number of hydrogen-bond acceptors (Lipinski definition) is 4. The van der Waals surface area contributed by atoms with Crippen LogP contribution in [-0.2, 0) is 16.6 Å². The zero-order valence-electron chi connectivity index (χ0n) is 10.9. The van der Waals surface area contributed by atoms with Crippen molar-refractivity contribution in [3.63, 3.8) is 0 Å². The van der Waals surface area contributed by atoms with Crippen molar-refractivity contribution in [3.05, 3.63) is 18.0 Å². The van der Waals surface area contributed by atoms with Gasteiger partial charge in [-0.05, 0) is 12.0 Å². The molecule has 1 N–H and O–H groups in total. The van der Waals surface area contributed by atoms with Gasteiger partial charge in [-0.3, -0.25) is 9.48 Å². The fourth-order valence-electron chi connectivity index (χ4n) is 2.51. The van der Waals surface area contributed by atoms with E-state index in [1.807, 2.05) is 0 Å². The molecule has 1 amide bonds. The van der Waals surface area contributed by atoms with E-state index >= 15 is 0 Å². The zero-order valence-corrected chi connectivity index (χ0v) is 10.9. The van der Waals surface area contributed by atoms with E-state index in [2.05, 4.69) is 5.10 Å². The number of piperidine rings is 1. The number of carboxylic acids is 1. The Hall–Kier alpha value is -2.05. The Morgan fingerprint density at radius 1 is 1.53 bits per heavy atom. The molecule has 0 unspecified atom stereocenters. The molecule has 0 spiro atoms. The lowest BCUT2D eigenvalue weighted by Gasteiger charge is -2.35. The van der Waals surface area contributed by atoms with E-state index in [1.165, 1.54) is 12.0 Å². The van der Waals surface area contributed by atoms with Gasteiger partial charge in [-0.25, -0.2) is 4.79 Å². The van der Waals surface area contributed by atoms with Crippen LogP contribution >= 0.6 is 0 Å². The summed E-state index contributed by atoms with van der Waals surface area (Å²) in [6, 6.07) is 0. The number of hydrogen-bond donors (Lipinski definition) is 1.